The molecule has 3 heteroatoms. The molecule has 108 valence electrons. The zero-order valence-electron chi connectivity index (χ0n) is 12.7. The van der Waals surface area contributed by atoms with Gasteiger partial charge in [0.1, 0.15) is 5.82 Å². The maximum absolute atomic E-state index is 13.8. The third-order valence-corrected chi connectivity index (χ3v) is 3.72. The first-order valence-electron chi connectivity index (χ1n) is 7.11. The quantitative estimate of drug-likeness (QED) is 0.806. The molecule has 0 radical (unpaired) electrons. The number of hydrogen-bond acceptors (Lipinski definition) is 2. The third-order valence-electron chi connectivity index (χ3n) is 3.72. The highest BCUT2D eigenvalue weighted by atomic mass is 19.1. The number of halogens is 1. The Kier molecular flexibility index (Phi) is 5.95. The molecular formula is C16H26FNO. The largest absolute Gasteiger partial charge is 0.374 e. The summed E-state index contributed by atoms with van der Waals surface area (Å²) in [6.45, 7) is 11.5. The molecule has 0 amide bonds. The minimum atomic E-state index is -0.327. The molecule has 0 aliphatic carbocycles. The zero-order chi connectivity index (χ0) is 14.5. The summed E-state index contributed by atoms with van der Waals surface area (Å²) < 4.78 is 19.7. The van der Waals surface area contributed by atoms with Crippen molar-refractivity contribution >= 4 is 0 Å². The fourth-order valence-electron chi connectivity index (χ4n) is 2.40. The summed E-state index contributed by atoms with van der Waals surface area (Å²) in [5.74, 6) is -0.157. The predicted molar refractivity (Wildman–Crippen MR) is 77.9 cm³/mol. The van der Waals surface area contributed by atoms with Crippen LogP contribution < -0.4 is 5.32 Å². The molecule has 0 heterocycles. The molecule has 0 fully saturated rings. The van der Waals surface area contributed by atoms with Gasteiger partial charge < -0.3 is 10.1 Å². The number of rotatable bonds is 7. The van der Waals surface area contributed by atoms with Crippen molar-refractivity contribution in [2.24, 2.45) is 0 Å². The fraction of sp³-hybridized carbons (Fsp3) is 0.625. The van der Waals surface area contributed by atoms with Crippen molar-refractivity contribution in [3.05, 3.63) is 35.1 Å². The van der Waals surface area contributed by atoms with E-state index in [-0.39, 0.29) is 17.5 Å². The van der Waals surface area contributed by atoms with Crippen LogP contribution in [0.1, 0.15) is 51.3 Å². The van der Waals surface area contributed by atoms with Gasteiger partial charge in [0, 0.05) is 6.61 Å². The molecule has 0 saturated carbocycles. The van der Waals surface area contributed by atoms with Gasteiger partial charge in [-0.2, -0.15) is 0 Å². The second-order valence-electron chi connectivity index (χ2n) is 5.10. The number of likely N-dealkylation sites (N-methyl/N-ethyl adjacent to an activating group) is 1. The smallest absolute Gasteiger partial charge is 0.126 e. The van der Waals surface area contributed by atoms with E-state index in [2.05, 4.69) is 26.1 Å². The molecule has 1 N–H and O–H groups in total. The second-order valence-corrected chi connectivity index (χ2v) is 5.10. The van der Waals surface area contributed by atoms with Gasteiger partial charge in [-0.3, -0.25) is 0 Å². The molecule has 0 aliphatic rings. The van der Waals surface area contributed by atoms with Gasteiger partial charge in [0.2, 0.25) is 0 Å². The molecule has 1 aromatic carbocycles. The third kappa shape index (κ3) is 3.77. The minimum absolute atomic E-state index is 0.00227. The van der Waals surface area contributed by atoms with E-state index in [0.717, 1.165) is 18.5 Å². The maximum Gasteiger partial charge on any atom is 0.126 e. The van der Waals surface area contributed by atoms with Crippen molar-refractivity contribution in [2.75, 3.05) is 13.2 Å². The highest BCUT2D eigenvalue weighted by Crippen LogP contribution is 2.32. The summed E-state index contributed by atoms with van der Waals surface area (Å²) in [4.78, 5) is 0. The maximum atomic E-state index is 13.8. The minimum Gasteiger partial charge on any atom is -0.374 e. The summed E-state index contributed by atoms with van der Waals surface area (Å²) in [6.07, 6.45) is 0.869. The molecule has 1 aromatic rings. The molecule has 0 saturated heterocycles. The molecule has 0 spiro atoms. The van der Waals surface area contributed by atoms with Crippen LogP contribution in [0.2, 0.25) is 0 Å². The van der Waals surface area contributed by atoms with Gasteiger partial charge in [-0.25, -0.2) is 4.39 Å². The summed E-state index contributed by atoms with van der Waals surface area (Å²) >= 11 is 0. The predicted octanol–water partition coefficient (Wildman–Crippen LogP) is 3.99. The first kappa shape index (κ1) is 16.1. The van der Waals surface area contributed by atoms with E-state index in [1.165, 1.54) is 0 Å². The molecule has 0 aliphatic heterocycles. The van der Waals surface area contributed by atoms with E-state index in [1.807, 2.05) is 19.1 Å². The van der Waals surface area contributed by atoms with Crippen LogP contribution in [-0.2, 0) is 4.74 Å². The standard InChI is InChI=1S/C16H26FNO/c1-6-16(5,19-8-3)15(18-7-2)13-10-9-12(4)14(17)11-13/h9-11,15,18H,6-8H2,1-5H3. The molecule has 1 rings (SSSR count). The number of hydrogen-bond donors (Lipinski definition) is 1. The summed E-state index contributed by atoms with van der Waals surface area (Å²) in [5.41, 5.74) is 1.29. The molecule has 2 atom stereocenters. The Bertz CT molecular complexity index is 408. The van der Waals surface area contributed by atoms with Crippen molar-refractivity contribution in [1.82, 2.24) is 5.32 Å². The van der Waals surface area contributed by atoms with Crippen molar-refractivity contribution in [3.63, 3.8) is 0 Å². The normalized spacial score (nSPS) is 16.1. The Morgan fingerprint density at radius 2 is 2.00 bits per heavy atom. The molecule has 19 heavy (non-hydrogen) atoms. The topological polar surface area (TPSA) is 21.3 Å². The first-order chi connectivity index (χ1) is 8.98. The second kappa shape index (κ2) is 7.01. The van der Waals surface area contributed by atoms with Crippen LogP contribution in [0, 0.1) is 12.7 Å². The van der Waals surface area contributed by atoms with Gasteiger partial charge in [-0.15, -0.1) is 0 Å². The highest BCUT2D eigenvalue weighted by molar-refractivity contribution is 5.27. The van der Waals surface area contributed by atoms with Crippen LogP contribution in [0.15, 0.2) is 18.2 Å². The summed E-state index contributed by atoms with van der Waals surface area (Å²) in [7, 11) is 0. The van der Waals surface area contributed by atoms with Gasteiger partial charge in [-0.1, -0.05) is 26.0 Å². The SMILES string of the molecule is CCNC(c1ccc(C)c(F)c1)C(C)(CC)OCC. The molecule has 2 unspecified atom stereocenters. The molecule has 2 nitrogen and oxygen atoms in total. The number of ether oxygens (including phenoxy) is 1. The van der Waals surface area contributed by atoms with Crippen LogP contribution in [0.4, 0.5) is 4.39 Å². The van der Waals surface area contributed by atoms with Crippen LogP contribution in [0.5, 0.6) is 0 Å². The van der Waals surface area contributed by atoms with Crippen LogP contribution >= 0.6 is 0 Å². The van der Waals surface area contributed by atoms with Crippen LogP contribution in [-0.4, -0.2) is 18.8 Å². The Morgan fingerprint density at radius 1 is 1.32 bits per heavy atom. The lowest BCUT2D eigenvalue weighted by molar-refractivity contribution is -0.0560. The Morgan fingerprint density at radius 3 is 2.47 bits per heavy atom. The van der Waals surface area contributed by atoms with E-state index in [1.54, 1.807) is 13.0 Å². The fourth-order valence-corrected chi connectivity index (χ4v) is 2.40. The summed E-state index contributed by atoms with van der Waals surface area (Å²) in [6, 6.07) is 5.43. The van der Waals surface area contributed by atoms with E-state index in [9.17, 15) is 4.39 Å². The van der Waals surface area contributed by atoms with E-state index in [0.29, 0.717) is 12.2 Å². The van der Waals surface area contributed by atoms with Crippen LogP contribution in [0.25, 0.3) is 0 Å². The monoisotopic (exact) mass is 267 g/mol. The van der Waals surface area contributed by atoms with Crippen molar-refractivity contribution < 1.29 is 9.13 Å². The van der Waals surface area contributed by atoms with E-state index >= 15 is 0 Å². The first-order valence-corrected chi connectivity index (χ1v) is 7.11. The van der Waals surface area contributed by atoms with E-state index in [4.69, 9.17) is 4.74 Å². The number of nitrogens with one attached hydrogen (secondary N) is 1. The molecule has 0 bridgehead atoms. The lowest BCUT2D eigenvalue weighted by atomic mass is 9.87. The summed E-state index contributed by atoms with van der Waals surface area (Å²) in [5, 5.41) is 3.43. The lowest BCUT2D eigenvalue weighted by Crippen LogP contribution is -2.43. The molecule has 0 aromatic heterocycles. The number of aryl methyl sites for hydroxylation is 1. The van der Waals surface area contributed by atoms with Crippen LogP contribution in [0.3, 0.4) is 0 Å². The van der Waals surface area contributed by atoms with Crippen molar-refractivity contribution in [2.45, 2.75) is 52.7 Å². The molecular weight excluding hydrogens is 241 g/mol. The van der Waals surface area contributed by atoms with Gasteiger partial charge in [0.15, 0.2) is 0 Å². The highest BCUT2D eigenvalue weighted by Gasteiger charge is 2.34. The average Bonchev–Trinajstić information content (AvgIpc) is 2.39. The van der Waals surface area contributed by atoms with E-state index < -0.39 is 0 Å². The zero-order valence-corrected chi connectivity index (χ0v) is 12.7. The average molecular weight is 267 g/mol. The Hall–Kier alpha value is -0.930. The Balaban J connectivity index is 3.14. The van der Waals surface area contributed by atoms with Gasteiger partial charge in [0.25, 0.3) is 0 Å². The van der Waals surface area contributed by atoms with Gasteiger partial charge in [-0.05, 0) is 50.9 Å². The van der Waals surface area contributed by atoms with Crippen molar-refractivity contribution in [3.8, 4) is 0 Å². The van der Waals surface area contributed by atoms with Crippen molar-refractivity contribution in [1.29, 1.82) is 0 Å². The number of benzene rings is 1. The van der Waals surface area contributed by atoms with Gasteiger partial charge in [0.05, 0.1) is 11.6 Å². The lowest BCUT2D eigenvalue weighted by Gasteiger charge is -2.37. The Labute approximate surface area is 116 Å². The van der Waals surface area contributed by atoms with Gasteiger partial charge >= 0.3 is 0 Å².